The number of benzene rings is 2. The summed E-state index contributed by atoms with van der Waals surface area (Å²) < 4.78 is 33.2. The molecule has 1 heterocycles. The van der Waals surface area contributed by atoms with E-state index in [4.69, 9.17) is 4.74 Å². The van der Waals surface area contributed by atoms with Crippen LogP contribution in [-0.2, 0) is 14.3 Å². The lowest BCUT2D eigenvalue weighted by molar-refractivity contribution is -0.149. The molecule has 2 aliphatic carbocycles. The predicted molar refractivity (Wildman–Crippen MR) is 122 cm³/mol. The standard InChI is InChI=1S/C26H26F2N2O5/c27-26(28)12-21(23(32)33)30(15-26)22(31)13-25(10-5-11-25)29-24(34)35-14-20-18-8-3-1-6-16(18)17-7-2-4-9-19(17)20/h1-4,6-9,20-21H,5,10-15H2,(H,29,34)(H,32,33). The molecule has 2 aromatic rings. The fourth-order valence-electron chi connectivity index (χ4n) is 5.49. The normalized spacial score (nSPS) is 21.5. The van der Waals surface area contributed by atoms with Crippen molar-refractivity contribution in [3.8, 4) is 11.1 Å². The van der Waals surface area contributed by atoms with Crippen molar-refractivity contribution in [3.05, 3.63) is 59.7 Å². The maximum atomic E-state index is 13.8. The quantitative estimate of drug-likeness (QED) is 0.642. The SMILES string of the molecule is O=C(NC1(CC(=O)N2CC(F)(F)CC2C(=O)O)CCC1)OCC1c2ccccc2-c2ccccc21. The molecule has 0 radical (unpaired) electrons. The molecule has 35 heavy (non-hydrogen) atoms. The van der Waals surface area contributed by atoms with Gasteiger partial charge in [-0.15, -0.1) is 0 Å². The number of carbonyl (C=O) groups is 3. The van der Waals surface area contributed by atoms with Crippen LogP contribution in [0.2, 0.25) is 0 Å². The van der Waals surface area contributed by atoms with Gasteiger partial charge in [0.25, 0.3) is 5.92 Å². The molecule has 1 aliphatic heterocycles. The molecule has 3 aliphatic rings. The Morgan fingerprint density at radius 3 is 2.17 bits per heavy atom. The van der Waals surface area contributed by atoms with E-state index in [1.54, 1.807) is 0 Å². The maximum Gasteiger partial charge on any atom is 0.407 e. The van der Waals surface area contributed by atoms with E-state index >= 15 is 0 Å². The smallest absolute Gasteiger partial charge is 0.407 e. The Balaban J connectivity index is 1.24. The van der Waals surface area contributed by atoms with Crippen LogP contribution in [-0.4, -0.2) is 58.6 Å². The van der Waals surface area contributed by atoms with Gasteiger partial charge in [-0.2, -0.15) is 0 Å². The molecule has 7 nitrogen and oxygen atoms in total. The molecule has 1 unspecified atom stereocenters. The molecule has 2 N–H and O–H groups in total. The van der Waals surface area contributed by atoms with E-state index in [2.05, 4.69) is 5.32 Å². The van der Waals surface area contributed by atoms with E-state index in [9.17, 15) is 28.3 Å². The highest BCUT2D eigenvalue weighted by Gasteiger charge is 2.52. The number of hydrogen-bond acceptors (Lipinski definition) is 4. The number of alkyl carbamates (subject to hydrolysis) is 1. The summed E-state index contributed by atoms with van der Waals surface area (Å²) in [6.07, 6.45) is -0.0793. The minimum Gasteiger partial charge on any atom is -0.480 e. The second kappa shape index (κ2) is 8.62. The second-order valence-electron chi connectivity index (χ2n) is 9.70. The van der Waals surface area contributed by atoms with E-state index in [1.165, 1.54) is 0 Å². The van der Waals surface area contributed by atoms with E-state index < -0.39 is 48.4 Å². The van der Waals surface area contributed by atoms with Gasteiger partial charge in [-0.25, -0.2) is 18.4 Å². The van der Waals surface area contributed by atoms with Crippen LogP contribution in [0, 0.1) is 0 Å². The molecule has 184 valence electrons. The highest BCUT2D eigenvalue weighted by atomic mass is 19.3. The Morgan fingerprint density at radius 2 is 1.63 bits per heavy atom. The van der Waals surface area contributed by atoms with Crippen molar-refractivity contribution in [2.45, 2.75) is 55.5 Å². The topological polar surface area (TPSA) is 95.9 Å². The molecule has 5 rings (SSSR count). The zero-order valence-electron chi connectivity index (χ0n) is 19.0. The van der Waals surface area contributed by atoms with Gasteiger partial charge >= 0.3 is 12.1 Å². The second-order valence-corrected chi connectivity index (χ2v) is 9.70. The molecular formula is C26H26F2N2O5. The van der Waals surface area contributed by atoms with Crippen molar-refractivity contribution >= 4 is 18.0 Å². The molecule has 2 fully saturated rings. The van der Waals surface area contributed by atoms with Gasteiger partial charge in [0.2, 0.25) is 5.91 Å². The zero-order valence-corrected chi connectivity index (χ0v) is 19.0. The number of nitrogens with zero attached hydrogens (tertiary/aromatic N) is 1. The lowest BCUT2D eigenvalue weighted by atomic mass is 9.74. The minimum absolute atomic E-state index is 0.114. The lowest BCUT2D eigenvalue weighted by Crippen LogP contribution is -2.57. The number of aliphatic carboxylic acids is 1. The van der Waals surface area contributed by atoms with Crippen LogP contribution in [0.1, 0.15) is 49.1 Å². The monoisotopic (exact) mass is 484 g/mol. The van der Waals surface area contributed by atoms with Crippen molar-refractivity contribution < 1.29 is 33.0 Å². The average molecular weight is 484 g/mol. The highest BCUT2D eigenvalue weighted by molar-refractivity contribution is 5.86. The van der Waals surface area contributed by atoms with Crippen molar-refractivity contribution in [3.63, 3.8) is 0 Å². The average Bonchev–Trinajstić information content (AvgIpc) is 3.30. The van der Waals surface area contributed by atoms with Crippen LogP contribution in [0.25, 0.3) is 11.1 Å². The molecule has 2 aromatic carbocycles. The third-order valence-corrected chi connectivity index (χ3v) is 7.39. The predicted octanol–water partition coefficient (Wildman–Crippen LogP) is 4.16. The van der Waals surface area contributed by atoms with Crippen molar-refractivity contribution in [2.24, 2.45) is 0 Å². The van der Waals surface area contributed by atoms with Crippen LogP contribution in [0.5, 0.6) is 0 Å². The Hall–Kier alpha value is -3.49. The molecule has 0 spiro atoms. The Morgan fingerprint density at radius 1 is 1.03 bits per heavy atom. The number of carbonyl (C=O) groups excluding carboxylic acids is 2. The van der Waals surface area contributed by atoms with Crippen molar-refractivity contribution in [1.29, 1.82) is 0 Å². The molecule has 9 heteroatoms. The zero-order chi connectivity index (χ0) is 24.8. The number of nitrogens with one attached hydrogen (secondary N) is 1. The first-order valence-electron chi connectivity index (χ1n) is 11.7. The Labute approximate surface area is 201 Å². The lowest BCUT2D eigenvalue weighted by Gasteiger charge is -2.42. The summed E-state index contributed by atoms with van der Waals surface area (Å²) in [6, 6.07) is 14.4. The molecule has 0 aromatic heterocycles. The summed E-state index contributed by atoms with van der Waals surface area (Å²) >= 11 is 0. The summed E-state index contributed by atoms with van der Waals surface area (Å²) in [5, 5.41) is 12.1. The first-order chi connectivity index (χ1) is 16.7. The molecule has 1 saturated heterocycles. The van der Waals surface area contributed by atoms with Crippen LogP contribution < -0.4 is 5.32 Å². The number of fused-ring (bicyclic) bond motifs is 3. The summed E-state index contributed by atoms with van der Waals surface area (Å²) in [4.78, 5) is 37.7. The first-order valence-corrected chi connectivity index (χ1v) is 11.7. The highest BCUT2D eigenvalue weighted by Crippen LogP contribution is 2.44. The summed E-state index contributed by atoms with van der Waals surface area (Å²) in [5.74, 6) is -5.52. The number of carboxylic acid groups (broad SMARTS) is 1. The molecule has 1 saturated carbocycles. The number of hydrogen-bond donors (Lipinski definition) is 2. The molecule has 2 amide bonds. The van der Waals surface area contributed by atoms with Gasteiger partial charge in [-0.05, 0) is 41.5 Å². The summed E-state index contributed by atoms with van der Waals surface area (Å²) in [7, 11) is 0. The number of likely N-dealkylation sites (tertiary alicyclic amines) is 1. The molecular weight excluding hydrogens is 458 g/mol. The molecule has 1 atom stereocenters. The van der Waals surface area contributed by atoms with Gasteiger partial charge in [-0.1, -0.05) is 48.5 Å². The van der Waals surface area contributed by atoms with Crippen molar-refractivity contribution in [1.82, 2.24) is 10.2 Å². The number of rotatable bonds is 6. The third-order valence-electron chi connectivity index (χ3n) is 7.39. The minimum atomic E-state index is -3.24. The van der Waals surface area contributed by atoms with Crippen LogP contribution in [0.3, 0.4) is 0 Å². The number of carboxylic acids is 1. The van der Waals surface area contributed by atoms with E-state index in [1.807, 2.05) is 48.5 Å². The van der Waals surface area contributed by atoms with Gasteiger partial charge in [-0.3, -0.25) is 4.79 Å². The first kappa shape index (κ1) is 23.3. The number of halogens is 2. The largest absolute Gasteiger partial charge is 0.480 e. The number of alkyl halides is 2. The Bertz CT molecular complexity index is 1130. The van der Waals surface area contributed by atoms with Crippen LogP contribution in [0.4, 0.5) is 13.6 Å². The van der Waals surface area contributed by atoms with Crippen LogP contribution >= 0.6 is 0 Å². The fourth-order valence-corrected chi connectivity index (χ4v) is 5.49. The fraction of sp³-hybridized carbons (Fsp3) is 0.423. The van der Waals surface area contributed by atoms with E-state index in [0.717, 1.165) is 33.6 Å². The van der Waals surface area contributed by atoms with Crippen LogP contribution in [0.15, 0.2) is 48.5 Å². The van der Waals surface area contributed by atoms with Gasteiger partial charge in [0.1, 0.15) is 12.6 Å². The van der Waals surface area contributed by atoms with Crippen molar-refractivity contribution in [2.75, 3.05) is 13.2 Å². The van der Waals surface area contributed by atoms with Gasteiger partial charge in [0.15, 0.2) is 0 Å². The number of amides is 2. The van der Waals surface area contributed by atoms with E-state index in [0.29, 0.717) is 12.8 Å². The number of ether oxygens (including phenoxy) is 1. The summed E-state index contributed by atoms with van der Waals surface area (Å²) in [5.41, 5.74) is 3.44. The van der Waals surface area contributed by atoms with Gasteiger partial charge in [0.05, 0.1) is 18.5 Å². The summed E-state index contributed by atoms with van der Waals surface area (Å²) in [6.45, 7) is -0.812. The van der Waals surface area contributed by atoms with Gasteiger partial charge < -0.3 is 20.1 Å². The maximum absolute atomic E-state index is 13.8. The molecule has 0 bridgehead atoms. The third kappa shape index (κ3) is 4.35. The Kier molecular flexibility index (Phi) is 5.73. The van der Waals surface area contributed by atoms with Gasteiger partial charge in [0, 0.05) is 12.3 Å². The van der Waals surface area contributed by atoms with E-state index in [-0.39, 0.29) is 18.9 Å².